The van der Waals surface area contributed by atoms with Crippen LogP contribution in [0.3, 0.4) is 0 Å². The average Bonchev–Trinajstić information content (AvgIpc) is 2.31. The van der Waals surface area contributed by atoms with Gasteiger partial charge < -0.3 is 0 Å². The summed E-state index contributed by atoms with van der Waals surface area (Å²) in [6, 6.07) is 0. The Kier molecular flexibility index (Phi) is 7.20. The molecule has 0 spiro atoms. The van der Waals surface area contributed by atoms with Crippen molar-refractivity contribution in [1.29, 1.82) is 0 Å². The van der Waals surface area contributed by atoms with Gasteiger partial charge in [0.05, 0.1) is 0 Å². The van der Waals surface area contributed by atoms with Crippen molar-refractivity contribution in [1.82, 2.24) is 4.90 Å². The fraction of sp³-hybridized carbons (Fsp3) is 0.900. The van der Waals surface area contributed by atoms with Gasteiger partial charge in [-0.1, -0.05) is 39.8 Å². The van der Waals surface area contributed by atoms with E-state index in [4.69, 9.17) is 0 Å². The van der Waals surface area contributed by atoms with E-state index in [2.05, 4.69) is 80.8 Å². The minimum absolute atomic E-state index is 0.222. The largest absolute Gasteiger partial charge is 0.296 e. The lowest BCUT2D eigenvalue weighted by Gasteiger charge is -2.46. The van der Waals surface area contributed by atoms with Crippen LogP contribution in [-0.2, 0) is 0 Å². The Balaban J connectivity index is 4.51. The smallest absolute Gasteiger partial charge is 0.0155 e. The molecule has 21 heavy (non-hydrogen) atoms. The molecule has 0 atom stereocenters. The molecule has 0 saturated heterocycles. The van der Waals surface area contributed by atoms with E-state index < -0.39 is 0 Å². The Labute approximate surface area is 135 Å². The second kappa shape index (κ2) is 7.31. The Bertz CT molecular complexity index is 328. The third-order valence-electron chi connectivity index (χ3n) is 5.27. The zero-order chi connectivity index (χ0) is 17.1. The van der Waals surface area contributed by atoms with E-state index in [1.54, 1.807) is 0 Å². The van der Waals surface area contributed by atoms with Gasteiger partial charge in [0, 0.05) is 11.1 Å². The summed E-state index contributed by atoms with van der Waals surface area (Å²) in [5.41, 5.74) is 2.26. The molecule has 0 unspecified atom stereocenters. The Morgan fingerprint density at radius 2 is 1.38 bits per heavy atom. The lowest BCUT2D eigenvalue weighted by molar-refractivity contribution is 0.0408. The van der Waals surface area contributed by atoms with Gasteiger partial charge in [-0.15, -0.1) is 0 Å². The summed E-state index contributed by atoms with van der Waals surface area (Å²) in [5.74, 6) is 0.615. The minimum atomic E-state index is 0.222. The van der Waals surface area contributed by atoms with Crippen LogP contribution in [0.25, 0.3) is 0 Å². The highest BCUT2D eigenvalue weighted by Gasteiger charge is 2.33. The second-order valence-corrected chi connectivity index (χ2v) is 9.52. The van der Waals surface area contributed by atoms with Crippen molar-refractivity contribution in [2.75, 3.05) is 7.05 Å². The first-order valence-corrected chi connectivity index (χ1v) is 8.61. The summed E-state index contributed by atoms with van der Waals surface area (Å²) in [4.78, 5) is 2.52. The van der Waals surface area contributed by atoms with E-state index in [0.29, 0.717) is 11.3 Å². The van der Waals surface area contributed by atoms with Gasteiger partial charge >= 0.3 is 0 Å². The molecule has 0 rings (SSSR count). The van der Waals surface area contributed by atoms with Crippen LogP contribution < -0.4 is 0 Å². The normalized spacial score (nSPS) is 14.1. The molecule has 0 N–H and O–H groups in total. The fourth-order valence-corrected chi connectivity index (χ4v) is 2.63. The van der Waals surface area contributed by atoms with Crippen molar-refractivity contribution < 1.29 is 0 Å². The molecule has 126 valence electrons. The molecule has 0 heterocycles. The number of rotatable bonds is 8. The van der Waals surface area contributed by atoms with Crippen molar-refractivity contribution in [3.05, 3.63) is 12.2 Å². The van der Waals surface area contributed by atoms with Gasteiger partial charge in [-0.25, -0.2) is 0 Å². The van der Waals surface area contributed by atoms with Gasteiger partial charge in [-0.05, 0) is 78.7 Å². The van der Waals surface area contributed by atoms with Crippen LogP contribution >= 0.6 is 0 Å². The van der Waals surface area contributed by atoms with Crippen molar-refractivity contribution in [3.63, 3.8) is 0 Å². The summed E-state index contributed by atoms with van der Waals surface area (Å²) in [6.07, 6.45) is 4.92. The summed E-state index contributed by atoms with van der Waals surface area (Å²) < 4.78 is 0. The van der Waals surface area contributed by atoms with E-state index >= 15 is 0 Å². The van der Waals surface area contributed by atoms with Crippen LogP contribution in [0.15, 0.2) is 12.2 Å². The van der Waals surface area contributed by atoms with E-state index in [0.717, 1.165) is 0 Å². The van der Waals surface area contributed by atoms with Gasteiger partial charge in [-0.2, -0.15) is 0 Å². The molecule has 0 bridgehead atoms. The third-order valence-corrected chi connectivity index (χ3v) is 5.27. The number of nitrogens with zero attached hydrogens (tertiary/aromatic N) is 1. The van der Waals surface area contributed by atoms with Crippen molar-refractivity contribution >= 4 is 0 Å². The highest BCUT2D eigenvalue weighted by Crippen LogP contribution is 2.36. The van der Waals surface area contributed by atoms with Crippen molar-refractivity contribution in [3.8, 4) is 0 Å². The number of hydrogen-bond donors (Lipinski definition) is 0. The Morgan fingerprint density at radius 3 is 1.76 bits per heavy atom. The zero-order valence-electron chi connectivity index (χ0n) is 16.6. The van der Waals surface area contributed by atoms with Crippen LogP contribution in [0.5, 0.6) is 0 Å². The third kappa shape index (κ3) is 7.49. The first-order valence-electron chi connectivity index (χ1n) is 8.61. The molecular weight excluding hydrogens is 254 g/mol. The predicted octanol–water partition coefficient (Wildman–Crippen LogP) is 6.29. The van der Waals surface area contributed by atoms with Crippen molar-refractivity contribution in [2.24, 2.45) is 11.3 Å². The van der Waals surface area contributed by atoms with Crippen LogP contribution in [0.4, 0.5) is 0 Å². The van der Waals surface area contributed by atoms with Gasteiger partial charge in [0.2, 0.25) is 0 Å². The lowest BCUT2D eigenvalue weighted by Crippen LogP contribution is -2.51. The predicted molar refractivity (Wildman–Crippen MR) is 97.8 cm³/mol. The Hall–Kier alpha value is -0.300. The summed E-state index contributed by atoms with van der Waals surface area (Å²) >= 11 is 0. The average molecular weight is 296 g/mol. The van der Waals surface area contributed by atoms with Crippen molar-refractivity contribution in [2.45, 2.75) is 99.1 Å². The molecule has 1 heteroatoms. The minimum Gasteiger partial charge on any atom is -0.296 e. The number of allylic oxidation sites excluding steroid dienone is 1. The summed E-state index contributed by atoms with van der Waals surface area (Å²) in [6.45, 7) is 25.2. The highest BCUT2D eigenvalue weighted by molar-refractivity contribution is 4.98. The molecule has 0 aliphatic carbocycles. The Morgan fingerprint density at radius 1 is 0.905 bits per heavy atom. The van der Waals surface area contributed by atoms with E-state index in [-0.39, 0.29) is 11.1 Å². The van der Waals surface area contributed by atoms with Crippen LogP contribution in [0.2, 0.25) is 0 Å². The maximum atomic E-state index is 4.22. The molecular formula is C20H41N. The second-order valence-electron chi connectivity index (χ2n) is 9.52. The molecule has 0 aromatic carbocycles. The fourth-order valence-electron chi connectivity index (χ4n) is 2.63. The SMILES string of the molecule is C=C(CCC(C)(C)CCC(C)(C)N(C)C(C)(C)C)C(C)C. The van der Waals surface area contributed by atoms with Crippen LogP contribution in [-0.4, -0.2) is 23.0 Å². The maximum Gasteiger partial charge on any atom is 0.0155 e. The molecule has 0 fully saturated rings. The molecule has 0 amide bonds. The topological polar surface area (TPSA) is 3.24 Å². The number of hydrogen-bond acceptors (Lipinski definition) is 1. The van der Waals surface area contributed by atoms with E-state index in [1.807, 2.05) is 0 Å². The van der Waals surface area contributed by atoms with Gasteiger partial charge in [0.1, 0.15) is 0 Å². The van der Waals surface area contributed by atoms with E-state index in [9.17, 15) is 0 Å². The zero-order valence-corrected chi connectivity index (χ0v) is 16.6. The maximum absolute atomic E-state index is 4.22. The quantitative estimate of drug-likeness (QED) is 0.475. The first kappa shape index (κ1) is 20.7. The van der Waals surface area contributed by atoms with Crippen LogP contribution in [0, 0.1) is 11.3 Å². The van der Waals surface area contributed by atoms with Gasteiger partial charge in [0.25, 0.3) is 0 Å². The van der Waals surface area contributed by atoms with E-state index in [1.165, 1.54) is 31.3 Å². The molecule has 0 aromatic heterocycles. The molecule has 0 radical (unpaired) electrons. The van der Waals surface area contributed by atoms with Gasteiger partial charge in [0.15, 0.2) is 0 Å². The standard InChI is InChI=1S/C20H41N/c1-16(2)17(3)12-13-19(7,8)14-15-20(9,10)21(11)18(4,5)6/h16H,3,12-15H2,1-2,4-11H3. The monoisotopic (exact) mass is 295 g/mol. The molecule has 0 aliphatic rings. The highest BCUT2D eigenvalue weighted by atomic mass is 15.2. The van der Waals surface area contributed by atoms with Gasteiger partial charge in [-0.3, -0.25) is 4.90 Å². The summed E-state index contributed by atoms with van der Waals surface area (Å²) in [7, 11) is 2.26. The molecule has 0 saturated carbocycles. The lowest BCUT2D eigenvalue weighted by atomic mass is 9.77. The van der Waals surface area contributed by atoms with Crippen LogP contribution in [0.1, 0.15) is 88.0 Å². The molecule has 0 aromatic rings. The summed E-state index contributed by atoms with van der Waals surface area (Å²) in [5, 5.41) is 0. The first-order chi connectivity index (χ1) is 9.19. The molecule has 0 aliphatic heterocycles. The molecule has 1 nitrogen and oxygen atoms in total.